The summed E-state index contributed by atoms with van der Waals surface area (Å²) in [6.07, 6.45) is -9.99. The van der Waals surface area contributed by atoms with Gasteiger partial charge in [0.25, 0.3) is 0 Å². The molecule has 16 heavy (non-hydrogen) atoms. The van der Waals surface area contributed by atoms with Gasteiger partial charge in [-0.3, -0.25) is 0 Å². The Labute approximate surface area is 95.8 Å². The Kier molecular flexibility index (Phi) is 3.36. The van der Waals surface area contributed by atoms with Gasteiger partial charge < -0.3 is 0 Å². The van der Waals surface area contributed by atoms with Gasteiger partial charge in [-0.15, -0.1) is 0 Å². The molecule has 0 bridgehead atoms. The predicted molar refractivity (Wildman–Crippen MR) is 46.5 cm³/mol. The Hall–Kier alpha value is -0.620. The van der Waals surface area contributed by atoms with Gasteiger partial charge in [0.05, 0.1) is 21.2 Å². The molecule has 1 rings (SSSR count). The molecule has 0 heterocycles. The second-order valence-electron chi connectivity index (χ2n) is 2.78. The summed E-state index contributed by atoms with van der Waals surface area (Å²) < 4.78 is 73.8. The van der Waals surface area contributed by atoms with Crippen molar-refractivity contribution in [3.8, 4) is 0 Å². The first-order valence-corrected chi connectivity index (χ1v) is 4.43. The lowest BCUT2D eigenvalue weighted by Gasteiger charge is -2.15. The number of hydrogen-bond acceptors (Lipinski definition) is 0. The fourth-order valence-corrected chi connectivity index (χ4v) is 1.72. The van der Waals surface area contributed by atoms with Crippen LogP contribution in [0.1, 0.15) is 11.1 Å². The average Bonchev–Trinajstić information content (AvgIpc) is 1.97. The van der Waals surface area contributed by atoms with E-state index in [2.05, 4.69) is 0 Å². The second-order valence-corrected chi connectivity index (χ2v) is 3.56. The van der Waals surface area contributed by atoms with E-state index in [-0.39, 0.29) is 0 Å². The molecule has 1 aromatic carbocycles. The van der Waals surface area contributed by atoms with E-state index in [4.69, 9.17) is 23.2 Å². The normalized spacial score (nSPS) is 13.0. The molecule has 0 unspecified atom stereocenters. The van der Waals surface area contributed by atoms with Gasteiger partial charge in [0.15, 0.2) is 0 Å². The first-order valence-electron chi connectivity index (χ1n) is 3.67. The zero-order valence-electron chi connectivity index (χ0n) is 7.18. The van der Waals surface area contributed by atoms with Crippen LogP contribution in [0.4, 0.5) is 26.3 Å². The molecule has 0 saturated heterocycles. The van der Waals surface area contributed by atoms with Crippen LogP contribution >= 0.6 is 23.2 Å². The largest absolute Gasteiger partial charge is 0.419 e. The van der Waals surface area contributed by atoms with Crippen LogP contribution in [0.2, 0.25) is 10.0 Å². The highest BCUT2D eigenvalue weighted by molar-refractivity contribution is 6.36. The van der Waals surface area contributed by atoms with Crippen LogP contribution in [0.5, 0.6) is 0 Å². The third-order valence-electron chi connectivity index (χ3n) is 1.68. The minimum Gasteiger partial charge on any atom is -0.166 e. The summed E-state index contributed by atoms with van der Waals surface area (Å²) in [5, 5.41) is -2.31. The van der Waals surface area contributed by atoms with Crippen molar-refractivity contribution in [2.24, 2.45) is 0 Å². The molecule has 0 aliphatic heterocycles. The van der Waals surface area contributed by atoms with Crippen molar-refractivity contribution >= 4 is 23.2 Å². The fourth-order valence-electron chi connectivity index (χ4n) is 1.03. The number of alkyl halides is 6. The zero-order chi connectivity index (χ0) is 12.7. The van der Waals surface area contributed by atoms with Crippen LogP contribution in [0.3, 0.4) is 0 Å². The Morgan fingerprint density at radius 2 is 1.31 bits per heavy atom. The highest BCUT2D eigenvalue weighted by atomic mass is 35.5. The van der Waals surface area contributed by atoms with Crippen LogP contribution in [0, 0.1) is 0 Å². The number of rotatable bonds is 0. The first kappa shape index (κ1) is 13.4. The molecule has 0 fully saturated rings. The summed E-state index contributed by atoms with van der Waals surface area (Å²) in [4.78, 5) is 0. The molecule has 0 aromatic heterocycles. The van der Waals surface area contributed by atoms with E-state index >= 15 is 0 Å². The fraction of sp³-hybridized carbons (Fsp3) is 0.250. The Morgan fingerprint density at radius 3 is 1.69 bits per heavy atom. The third-order valence-corrected chi connectivity index (χ3v) is 2.39. The standard InChI is InChI=1S/C8H2Cl2F6/c9-4-2-1-3(7(11,12)13)6(10)5(4)8(14,15)16/h1-2H. The molecule has 0 amide bonds. The van der Waals surface area contributed by atoms with Gasteiger partial charge in [-0.25, -0.2) is 0 Å². The molecule has 1 aromatic rings. The van der Waals surface area contributed by atoms with Crippen LogP contribution in [0.25, 0.3) is 0 Å². The molecule has 0 nitrogen and oxygen atoms in total. The maximum absolute atomic E-state index is 12.3. The summed E-state index contributed by atoms with van der Waals surface area (Å²) in [6, 6.07) is 0.916. The van der Waals surface area contributed by atoms with Crippen LogP contribution in [0.15, 0.2) is 12.1 Å². The molecule has 0 atom stereocenters. The Morgan fingerprint density at radius 1 is 0.812 bits per heavy atom. The van der Waals surface area contributed by atoms with Gasteiger partial charge in [-0.05, 0) is 12.1 Å². The maximum Gasteiger partial charge on any atom is 0.419 e. The van der Waals surface area contributed by atoms with Gasteiger partial charge in [-0.2, -0.15) is 26.3 Å². The van der Waals surface area contributed by atoms with Crippen molar-refractivity contribution in [2.45, 2.75) is 12.4 Å². The van der Waals surface area contributed by atoms with Gasteiger partial charge in [0.1, 0.15) is 0 Å². The SMILES string of the molecule is FC(F)(F)c1ccc(Cl)c(C(F)(F)F)c1Cl. The molecule has 0 radical (unpaired) electrons. The van der Waals surface area contributed by atoms with Crippen molar-refractivity contribution in [1.82, 2.24) is 0 Å². The molecule has 8 heteroatoms. The van der Waals surface area contributed by atoms with Gasteiger partial charge in [0, 0.05) is 0 Å². The molecular formula is C8H2Cl2F6. The summed E-state index contributed by atoms with van der Waals surface area (Å²) in [7, 11) is 0. The summed E-state index contributed by atoms with van der Waals surface area (Å²) >= 11 is 10.2. The van der Waals surface area contributed by atoms with Crippen LogP contribution in [-0.4, -0.2) is 0 Å². The van der Waals surface area contributed by atoms with Gasteiger partial charge >= 0.3 is 12.4 Å². The van der Waals surface area contributed by atoms with E-state index in [0.717, 1.165) is 0 Å². The smallest absolute Gasteiger partial charge is 0.166 e. The van der Waals surface area contributed by atoms with E-state index in [1.807, 2.05) is 0 Å². The van der Waals surface area contributed by atoms with E-state index in [9.17, 15) is 26.3 Å². The molecule has 0 N–H and O–H groups in total. The maximum atomic E-state index is 12.3. The van der Waals surface area contributed by atoms with Crippen molar-refractivity contribution in [1.29, 1.82) is 0 Å². The topological polar surface area (TPSA) is 0 Å². The van der Waals surface area contributed by atoms with Crippen LogP contribution < -0.4 is 0 Å². The lowest BCUT2D eigenvalue weighted by Crippen LogP contribution is -2.13. The predicted octanol–water partition coefficient (Wildman–Crippen LogP) is 5.03. The highest BCUT2D eigenvalue weighted by Gasteiger charge is 2.41. The molecular weight excluding hydrogens is 281 g/mol. The Balaban J connectivity index is 3.52. The highest BCUT2D eigenvalue weighted by Crippen LogP contribution is 2.45. The zero-order valence-corrected chi connectivity index (χ0v) is 8.69. The summed E-state index contributed by atoms with van der Waals surface area (Å²) in [5.74, 6) is 0. The molecule has 90 valence electrons. The number of hydrogen-bond donors (Lipinski definition) is 0. The van der Waals surface area contributed by atoms with E-state index < -0.39 is 33.5 Å². The summed E-state index contributed by atoms with van der Waals surface area (Å²) in [5.41, 5.74) is -3.24. The van der Waals surface area contributed by atoms with Crippen molar-refractivity contribution in [3.63, 3.8) is 0 Å². The average molecular weight is 283 g/mol. The molecule has 0 aliphatic carbocycles. The number of halogens is 8. The second kappa shape index (κ2) is 4.00. The summed E-state index contributed by atoms with van der Waals surface area (Å²) in [6.45, 7) is 0. The lowest BCUT2D eigenvalue weighted by atomic mass is 10.1. The van der Waals surface area contributed by atoms with Crippen molar-refractivity contribution in [2.75, 3.05) is 0 Å². The molecule has 0 saturated carbocycles. The minimum atomic E-state index is -5.03. The Bertz CT molecular complexity index is 406. The van der Waals surface area contributed by atoms with E-state index in [1.54, 1.807) is 0 Å². The first-order chi connectivity index (χ1) is 7.05. The van der Waals surface area contributed by atoms with E-state index in [1.165, 1.54) is 0 Å². The van der Waals surface area contributed by atoms with Crippen molar-refractivity contribution < 1.29 is 26.3 Å². The minimum absolute atomic E-state index is 0.403. The van der Waals surface area contributed by atoms with E-state index in [0.29, 0.717) is 12.1 Å². The lowest BCUT2D eigenvalue weighted by molar-refractivity contribution is -0.142. The quantitative estimate of drug-likeness (QED) is 0.586. The van der Waals surface area contributed by atoms with Crippen LogP contribution in [-0.2, 0) is 12.4 Å². The molecule has 0 spiro atoms. The molecule has 0 aliphatic rings. The monoisotopic (exact) mass is 282 g/mol. The van der Waals surface area contributed by atoms with Crippen molar-refractivity contribution in [3.05, 3.63) is 33.3 Å². The van der Waals surface area contributed by atoms with Gasteiger partial charge in [0.2, 0.25) is 0 Å². The van der Waals surface area contributed by atoms with Gasteiger partial charge in [-0.1, -0.05) is 23.2 Å². The third kappa shape index (κ3) is 2.55. The number of benzene rings is 1.